The van der Waals surface area contributed by atoms with E-state index in [-0.39, 0.29) is 6.61 Å². The highest BCUT2D eigenvalue weighted by atomic mass is 16.3. The molecule has 4 nitrogen and oxygen atoms in total. The number of rotatable bonds is 5. The largest absolute Gasteiger partial charge is 0.395 e. The van der Waals surface area contributed by atoms with E-state index < -0.39 is 0 Å². The molecular formula is C15H25N3O. The predicted octanol–water partition coefficient (Wildman–Crippen LogP) is 1.62. The van der Waals surface area contributed by atoms with Crippen molar-refractivity contribution in [2.75, 3.05) is 50.6 Å². The SMILES string of the molecule is CN1CCC(Nc2ccc(N(C)CCO)cc2)CC1. The first-order valence-corrected chi connectivity index (χ1v) is 7.06. The van der Waals surface area contributed by atoms with Crippen LogP contribution in [0.3, 0.4) is 0 Å². The zero-order valence-corrected chi connectivity index (χ0v) is 12.0. The maximum Gasteiger partial charge on any atom is 0.0606 e. The molecular weight excluding hydrogens is 238 g/mol. The van der Waals surface area contributed by atoms with Gasteiger partial charge in [-0.1, -0.05) is 0 Å². The van der Waals surface area contributed by atoms with Crippen LogP contribution in [0.1, 0.15) is 12.8 Å². The molecule has 1 aromatic rings. The molecule has 0 aliphatic carbocycles. The Balaban J connectivity index is 1.88. The normalized spacial score (nSPS) is 17.4. The van der Waals surface area contributed by atoms with E-state index in [2.05, 4.69) is 46.4 Å². The van der Waals surface area contributed by atoms with Gasteiger partial charge in [0, 0.05) is 31.0 Å². The van der Waals surface area contributed by atoms with Gasteiger partial charge in [0.1, 0.15) is 0 Å². The number of likely N-dealkylation sites (tertiary alicyclic amines) is 1. The van der Waals surface area contributed by atoms with Gasteiger partial charge in [0.05, 0.1) is 6.61 Å². The summed E-state index contributed by atoms with van der Waals surface area (Å²) < 4.78 is 0. The van der Waals surface area contributed by atoms with E-state index in [0.717, 1.165) is 5.69 Å². The van der Waals surface area contributed by atoms with E-state index in [1.165, 1.54) is 31.6 Å². The molecule has 0 aromatic heterocycles. The number of nitrogens with zero attached hydrogens (tertiary/aromatic N) is 2. The number of hydrogen-bond acceptors (Lipinski definition) is 4. The summed E-state index contributed by atoms with van der Waals surface area (Å²) in [5.74, 6) is 0. The van der Waals surface area contributed by atoms with Gasteiger partial charge < -0.3 is 20.2 Å². The van der Waals surface area contributed by atoms with Gasteiger partial charge >= 0.3 is 0 Å². The molecule has 0 amide bonds. The maximum atomic E-state index is 8.93. The first kappa shape index (κ1) is 14.2. The minimum absolute atomic E-state index is 0.187. The molecule has 1 saturated heterocycles. The number of anilines is 2. The monoisotopic (exact) mass is 263 g/mol. The lowest BCUT2D eigenvalue weighted by Gasteiger charge is -2.30. The molecule has 2 N–H and O–H groups in total. The van der Waals surface area contributed by atoms with Crippen LogP contribution in [0.2, 0.25) is 0 Å². The lowest BCUT2D eigenvalue weighted by atomic mass is 10.1. The molecule has 2 rings (SSSR count). The second-order valence-electron chi connectivity index (χ2n) is 5.41. The topological polar surface area (TPSA) is 38.7 Å². The smallest absolute Gasteiger partial charge is 0.0606 e. The first-order chi connectivity index (χ1) is 9.19. The third-order valence-corrected chi connectivity index (χ3v) is 3.83. The van der Waals surface area contributed by atoms with Crippen molar-refractivity contribution >= 4 is 11.4 Å². The molecule has 0 bridgehead atoms. The number of piperidine rings is 1. The van der Waals surface area contributed by atoms with Crippen LogP contribution in [0, 0.1) is 0 Å². The highest BCUT2D eigenvalue weighted by molar-refractivity contribution is 5.55. The molecule has 1 fully saturated rings. The van der Waals surface area contributed by atoms with E-state index in [9.17, 15) is 0 Å². The Labute approximate surface area is 116 Å². The van der Waals surface area contributed by atoms with Crippen molar-refractivity contribution in [2.45, 2.75) is 18.9 Å². The van der Waals surface area contributed by atoms with Crippen LogP contribution >= 0.6 is 0 Å². The van der Waals surface area contributed by atoms with Crippen LogP contribution in [-0.4, -0.2) is 56.4 Å². The third kappa shape index (κ3) is 4.11. The number of aliphatic hydroxyl groups is 1. The van der Waals surface area contributed by atoms with Gasteiger partial charge in [0.2, 0.25) is 0 Å². The number of aliphatic hydroxyl groups excluding tert-OH is 1. The van der Waals surface area contributed by atoms with Crippen molar-refractivity contribution in [3.8, 4) is 0 Å². The quantitative estimate of drug-likeness (QED) is 0.847. The van der Waals surface area contributed by atoms with E-state index in [1.807, 2.05) is 7.05 Å². The Morgan fingerprint density at radius 2 is 1.89 bits per heavy atom. The van der Waals surface area contributed by atoms with Gasteiger partial charge in [-0.25, -0.2) is 0 Å². The van der Waals surface area contributed by atoms with Crippen molar-refractivity contribution in [2.24, 2.45) is 0 Å². The van der Waals surface area contributed by atoms with Gasteiger partial charge in [-0.3, -0.25) is 0 Å². The fourth-order valence-corrected chi connectivity index (χ4v) is 2.48. The van der Waals surface area contributed by atoms with Gasteiger partial charge in [0.15, 0.2) is 0 Å². The number of benzene rings is 1. The first-order valence-electron chi connectivity index (χ1n) is 7.06. The summed E-state index contributed by atoms with van der Waals surface area (Å²) in [7, 11) is 4.18. The van der Waals surface area contributed by atoms with E-state index in [0.29, 0.717) is 12.6 Å². The zero-order valence-electron chi connectivity index (χ0n) is 12.0. The summed E-state index contributed by atoms with van der Waals surface area (Å²) in [6, 6.07) is 9.06. The minimum atomic E-state index is 0.187. The minimum Gasteiger partial charge on any atom is -0.395 e. The van der Waals surface area contributed by atoms with Crippen LogP contribution in [-0.2, 0) is 0 Å². The molecule has 1 aliphatic rings. The van der Waals surface area contributed by atoms with Crippen LogP contribution in [0.4, 0.5) is 11.4 Å². The summed E-state index contributed by atoms with van der Waals surface area (Å²) in [6.45, 7) is 3.21. The molecule has 19 heavy (non-hydrogen) atoms. The van der Waals surface area contributed by atoms with Crippen LogP contribution in [0.25, 0.3) is 0 Å². The van der Waals surface area contributed by atoms with Gasteiger partial charge in [-0.15, -0.1) is 0 Å². The Morgan fingerprint density at radius 3 is 2.47 bits per heavy atom. The zero-order chi connectivity index (χ0) is 13.7. The molecule has 0 unspecified atom stereocenters. The second-order valence-corrected chi connectivity index (χ2v) is 5.41. The molecule has 106 valence electrons. The van der Waals surface area contributed by atoms with Crippen LogP contribution < -0.4 is 10.2 Å². The van der Waals surface area contributed by atoms with Crippen LogP contribution in [0.5, 0.6) is 0 Å². The third-order valence-electron chi connectivity index (χ3n) is 3.83. The van der Waals surface area contributed by atoms with Crippen molar-refractivity contribution < 1.29 is 5.11 Å². The van der Waals surface area contributed by atoms with Crippen molar-refractivity contribution in [1.29, 1.82) is 0 Å². The molecule has 0 radical (unpaired) electrons. The van der Waals surface area contributed by atoms with Crippen LogP contribution in [0.15, 0.2) is 24.3 Å². The van der Waals surface area contributed by atoms with Crippen molar-refractivity contribution in [1.82, 2.24) is 4.90 Å². The van der Waals surface area contributed by atoms with Gasteiger partial charge in [-0.2, -0.15) is 0 Å². The number of likely N-dealkylation sites (N-methyl/N-ethyl adjacent to an activating group) is 1. The van der Waals surface area contributed by atoms with E-state index in [1.54, 1.807) is 0 Å². The van der Waals surface area contributed by atoms with Crippen molar-refractivity contribution in [3.05, 3.63) is 24.3 Å². The standard InChI is InChI=1S/C15H25N3O/c1-17-9-7-14(8-10-17)16-13-3-5-15(6-4-13)18(2)11-12-19/h3-6,14,16,19H,7-12H2,1-2H3. The predicted molar refractivity (Wildman–Crippen MR) is 80.9 cm³/mol. The highest BCUT2D eigenvalue weighted by Crippen LogP contribution is 2.19. The molecule has 1 heterocycles. The average Bonchev–Trinajstić information content (AvgIpc) is 2.42. The Hall–Kier alpha value is -1.26. The highest BCUT2D eigenvalue weighted by Gasteiger charge is 2.16. The summed E-state index contributed by atoms with van der Waals surface area (Å²) >= 11 is 0. The van der Waals surface area contributed by atoms with E-state index in [4.69, 9.17) is 5.11 Å². The molecule has 0 atom stereocenters. The lowest BCUT2D eigenvalue weighted by Crippen LogP contribution is -2.36. The Bertz CT molecular complexity index is 371. The molecule has 4 heteroatoms. The summed E-state index contributed by atoms with van der Waals surface area (Å²) in [6.07, 6.45) is 2.42. The fourth-order valence-electron chi connectivity index (χ4n) is 2.48. The maximum absolute atomic E-state index is 8.93. The van der Waals surface area contributed by atoms with Crippen molar-refractivity contribution in [3.63, 3.8) is 0 Å². The van der Waals surface area contributed by atoms with Gasteiger partial charge in [0.25, 0.3) is 0 Å². The summed E-state index contributed by atoms with van der Waals surface area (Å²) in [4.78, 5) is 4.43. The number of nitrogens with one attached hydrogen (secondary N) is 1. The molecule has 1 aliphatic heterocycles. The average molecular weight is 263 g/mol. The van der Waals surface area contributed by atoms with Gasteiger partial charge in [-0.05, 0) is 57.2 Å². The second kappa shape index (κ2) is 6.78. The molecule has 0 spiro atoms. The summed E-state index contributed by atoms with van der Waals surface area (Å²) in [5.41, 5.74) is 2.33. The Morgan fingerprint density at radius 1 is 1.26 bits per heavy atom. The number of hydrogen-bond donors (Lipinski definition) is 2. The van der Waals surface area contributed by atoms with E-state index >= 15 is 0 Å². The molecule has 0 saturated carbocycles. The Kier molecular flexibility index (Phi) is 5.05. The summed E-state index contributed by atoms with van der Waals surface area (Å²) in [5, 5.41) is 12.5. The fraction of sp³-hybridized carbons (Fsp3) is 0.600. The molecule has 1 aromatic carbocycles. The lowest BCUT2D eigenvalue weighted by molar-refractivity contribution is 0.264.